The number of ether oxygens (including phenoxy) is 1. The fraction of sp³-hybridized carbons (Fsp3) is 0.273. The number of anilines is 1. The number of nitrogen functional groups attached to an aromatic ring is 1. The van der Waals surface area contributed by atoms with Crippen LogP contribution in [0.3, 0.4) is 0 Å². The SMILES string of the molecule is CCn1c(Sc2cc(OC)c(F)cc2N)n[nH]c1=O. The van der Waals surface area contributed by atoms with Crippen LogP contribution in [0.1, 0.15) is 6.92 Å². The Bertz CT molecular complexity index is 653. The van der Waals surface area contributed by atoms with E-state index in [1.165, 1.54) is 35.6 Å². The highest BCUT2D eigenvalue weighted by molar-refractivity contribution is 7.99. The molecule has 102 valence electrons. The number of nitrogens with one attached hydrogen (secondary N) is 1. The van der Waals surface area contributed by atoms with Gasteiger partial charge in [0.2, 0.25) is 0 Å². The molecule has 0 aliphatic heterocycles. The molecule has 0 radical (unpaired) electrons. The summed E-state index contributed by atoms with van der Waals surface area (Å²) < 4.78 is 19.8. The van der Waals surface area contributed by atoms with Gasteiger partial charge < -0.3 is 10.5 Å². The maximum absolute atomic E-state index is 13.4. The van der Waals surface area contributed by atoms with E-state index in [4.69, 9.17) is 10.5 Å². The predicted molar refractivity (Wildman–Crippen MR) is 70.0 cm³/mol. The maximum atomic E-state index is 13.4. The summed E-state index contributed by atoms with van der Waals surface area (Å²) in [6.07, 6.45) is 0. The van der Waals surface area contributed by atoms with Gasteiger partial charge in [0.05, 0.1) is 7.11 Å². The van der Waals surface area contributed by atoms with Gasteiger partial charge in [0.15, 0.2) is 16.7 Å². The second-order valence-electron chi connectivity index (χ2n) is 3.68. The van der Waals surface area contributed by atoms with Crippen LogP contribution >= 0.6 is 11.8 Å². The van der Waals surface area contributed by atoms with Crippen molar-refractivity contribution in [3.8, 4) is 5.75 Å². The third-order valence-electron chi connectivity index (χ3n) is 2.52. The summed E-state index contributed by atoms with van der Waals surface area (Å²) in [6, 6.07) is 2.66. The third kappa shape index (κ3) is 2.58. The minimum Gasteiger partial charge on any atom is -0.494 e. The molecular weight excluding hydrogens is 271 g/mol. The van der Waals surface area contributed by atoms with Crippen molar-refractivity contribution in [2.24, 2.45) is 0 Å². The molecule has 6 nitrogen and oxygen atoms in total. The number of nitrogens with zero attached hydrogens (tertiary/aromatic N) is 2. The van der Waals surface area contributed by atoms with Crippen molar-refractivity contribution in [1.29, 1.82) is 0 Å². The van der Waals surface area contributed by atoms with Gasteiger partial charge in [-0.2, -0.15) is 0 Å². The van der Waals surface area contributed by atoms with Gasteiger partial charge >= 0.3 is 5.69 Å². The van der Waals surface area contributed by atoms with Crippen molar-refractivity contribution in [1.82, 2.24) is 14.8 Å². The summed E-state index contributed by atoms with van der Waals surface area (Å²) in [5.41, 5.74) is 5.72. The Hall–Kier alpha value is -1.96. The zero-order valence-corrected chi connectivity index (χ0v) is 11.3. The summed E-state index contributed by atoms with van der Waals surface area (Å²) in [4.78, 5) is 12.0. The van der Waals surface area contributed by atoms with E-state index in [1.54, 1.807) is 0 Å². The lowest BCUT2D eigenvalue weighted by atomic mass is 10.3. The Balaban J connectivity index is 2.40. The summed E-state index contributed by atoms with van der Waals surface area (Å²) >= 11 is 1.17. The standard InChI is InChI=1S/C11H13FN4O2S/c1-3-16-10(17)14-15-11(16)19-9-5-8(18-2)6(12)4-7(9)13/h4-5H,3,13H2,1-2H3,(H,14,17). The van der Waals surface area contributed by atoms with Crippen LogP contribution in [0.5, 0.6) is 5.75 Å². The number of aromatic nitrogens is 3. The van der Waals surface area contributed by atoms with Crippen molar-refractivity contribution < 1.29 is 9.13 Å². The fourth-order valence-electron chi connectivity index (χ4n) is 1.55. The molecule has 8 heteroatoms. The molecule has 1 heterocycles. The van der Waals surface area contributed by atoms with Crippen molar-refractivity contribution in [2.45, 2.75) is 23.5 Å². The monoisotopic (exact) mass is 284 g/mol. The average molecular weight is 284 g/mol. The van der Waals surface area contributed by atoms with Crippen LogP contribution in [-0.2, 0) is 6.54 Å². The van der Waals surface area contributed by atoms with Crippen LogP contribution in [0, 0.1) is 5.82 Å². The summed E-state index contributed by atoms with van der Waals surface area (Å²) in [5.74, 6) is -0.433. The summed E-state index contributed by atoms with van der Waals surface area (Å²) in [5, 5.41) is 6.72. The first-order valence-corrected chi connectivity index (χ1v) is 6.34. The fourth-order valence-corrected chi connectivity index (χ4v) is 2.51. The molecule has 0 spiro atoms. The Morgan fingerprint density at radius 2 is 2.32 bits per heavy atom. The molecule has 1 aromatic carbocycles. The van der Waals surface area contributed by atoms with Crippen LogP contribution in [0.15, 0.2) is 27.0 Å². The Morgan fingerprint density at radius 3 is 2.95 bits per heavy atom. The molecule has 0 aliphatic carbocycles. The van der Waals surface area contributed by atoms with Gasteiger partial charge in [-0.25, -0.2) is 14.3 Å². The zero-order chi connectivity index (χ0) is 14.0. The number of benzene rings is 1. The van der Waals surface area contributed by atoms with E-state index in [9.17, 15) is 9.18 Å². The Morgan fingerprint density at radius 1 is 1.58 bits per heavy atom. The first-order valence-electron chi connectivity index (χ1n) is 5.52. The van der Waals surface area contributed by atoms with Crippen LogP contribution < -0.4 is 16.2 Å². The number of hydrogen-bond acceptors (Lipinski definition) is 5. The van der Waals surface area contributed by atoms with E-state index in [0.29, 0.717) is 16.6 Å². The lowest BCUT2D eigenvalue weighted by molar-refractivity contribution is 0.385. The van der Waals surface area contributed by atoms with Gasteiger partial charge in [0, 0.05) is 23.2 Å². The first-order chi connectivity index (χ1) is 9.06. The predicted octanol–water partition coefficient (Wildman–Crippen LogP) is 1.47. The minimum absolute atomic E-state index is 0.0950. The third-order valence-corrected chi connectivity index (χ3v) is 3.59. The van der Waals surface area contributed by atoms with E-state index in [2.05, 4.69) is 10.2 Å². The molecule has 0 amide bonds. The molecule has 0 atom stereocenters. The molecule has 0 fully saturated rings. The van der Waals surface area contributed by atoms with Crippen LogP contribution in [0.25, 0.3) is 0 Å². The highest BCUT2D eigenvalue weighted by Gasteiger charge is 2.13. The number of H-pyrrole nitrogens is 1. The average Bonchev–Trinajstić information content (AvgIpc) is 2.73. The van der Waals surface area contributed by atoms with E-state index in [0.717, 1.165) is 0 Å². The Labute approximate surface area is 112 Å². The molecule has 0 saturated heterocycles. The number of nitrogens with two attached hydrogens (primary N) is 1. The smallest absolute Gasteiger partial charge is 0.343 e. The quantitative estimate of drug-likeness (QED) is 0.830. The maximum Gasteiger partial charge on any atom is 0.343 e. The molecule has 0 unspecified atom stereocenters. The lowest BCUT2D eigenvalue weighted by Gasteiger charge is -2.08. The van der Waals surface area contributed by atoms with Crippen molar-refractivity contribution in [3.05, 3.63) is 28.4 Å². The Kier molecular flexibility index (Phi) is 3.79. The number of aromatic amines is 1. The zero-order valence-electron chi connectivity index (χ0n) is 10.4. The van der Waals surface area contributed by atoms with Gasteiger partial charge in [-0.1, -0.05) is 0 Å². The first kappa shape index (κ1) is 13.5. The summed E-state index contributed by atoms with van der Waals surface area (Å²) in [6.45, 7) is 2.31. The lowest BCUT2D eigenvalue weighted by Crippen LogP contribution is -2.16. The molecular formula is C11H13FN4O2S. The topological polar surface area (TPSA) is 85.9 Å². The summed E-state index contributed by atoms with van der Waals surface area (Å²) in [7, 11) is 1.37. The molecule has 2 aromatic rings. The van der Waals surface area contributed by atoms with Crippen molar-refractivity contribution in [2.75, 3.05) is 12.8 Å². The second-order valence-corrected chi connectivity index (χ2v) is 4.69. The van der Waals surface area contributed by atoms with E-state index in [-0.39, 0.29) is 17.1 Å². The molecule has 1 aromatic heterocycles. The van der Waals surface area contributed by atoms with Gasteiger partial charge in [-0.3, -0.25) is 4.57 Å². The van der Waals surface area contributed by atoms with Crippen LogP contribution in [0.4, 0.5) is 10.1 Å². The number of halogens is 1. The number of methoxy groups -OCH3 is 1. The van der Waals surface area contributed by atoms with Gasteiger partial charge in [0.25, 0.3) is 0 Å². The normalized spacial score (nSPS) is 10.7. The highest BCUT2D eigenvalue weighted by Crippen LogP contribution is 2.34. The number of rotatable bonds is 4. The molecule has 0 saturated carbocycles. The van der Waals surface area contributed by atoms with Crippen LogP contribution in [-0.4, -0.2) is 21.9 Å². The minimum atomic E-state index is -0.528. The molecule has 0 bridgehead atoms. The largest absolute Gasteiger partial charge is 0.494 e. The van der Waals surface area contributed by atoms with E-state index >= 15 is 0 Å². The van der Waals surface area contributed by atoms with Gasteiger partial charge in [-0.15, -0.1) is 5.10 Å². The highest BCUT2D eigenvalue weighted by atomic mass is 32.2. The second kappa shape index (κ2) is 5.35. The molecule has 2 rings (SSSR count). The van der Waals surface area contributed by atoms with E-state index < -0.39 is 5.82 Å². The van der Waals surface area contributed by atoms with Crippen molar-refractivity contribution >= 4 is 17.4 Å². The number of hydrogen-bond donors (Lipinski definition) is 2. The van der Waals surface area contributed by atoms with Crippen molar-refractivity contribution in [3.63, 3.8) is 0 Å². The molecule has 0 aliphatic rings. The van der Waals surface area contributed by atoms with Gasteiger partial charge in [0.1, 0.15) is 0 Å². The molecule has 3 N–H and O–H groups in total. The van der Waals surface area contributed by atoms with Gasteiger partial charge in [-0.05, 0) is 24.8 Å². The van der Waals surface area contributed by atoms with Crippen LogP contribution in [0.2, 0.25) is 0 Å². The van der Waals surface area contributed by atoms with E-state index in [1.807, 2.05) is 6.92 Å². The molecule has 19 heavy (non-hydrogen) atoms.